The molecule has 2 aliphatic heterocycles. The van der Waals surface area contributed by atoms with E-state index in [0.29, 0.717) is 18.5 Å². The number of nitrogens with zero attached hydrogens (tertiary/aromatic N) is 3. The molecule has 29 heavy (non-hydrogen) atoms. The van der Waals surface area contributed by atoms with Crippen LogP contribution in [0, 0.1) is 5.92 Å². The Labute approximate surface area is 176 Å². The lowest BCUT2D eigenvalue weighted by atomic mass is 10.0. The molecule has 1 saturated heterocycles. The van der Waals surface area contributed by atoms with Crippen molar-refractivity contribution in [3.05, 3.63) is 42.0 Å². The number of nitrogens with one attached hydrogen (secondary N) is 2. The van der Waals surface area contributed by atoms with Gasteiger partial charge in [0.15, 0.2) is 5.96 Å². The molecular formula is C23H37N5O. The molecule has 0 spiro atoms. The molecular weight excluding hydrogens is 362 g/mol. The minimum absolute atomic E-state index is 0.480. The smallest absolute Gasteiger partial charge is 0.191 e. The van der Waals surface area contributed by atoms with Crippen LogP contribution in [0.2, 0.25) is 0 Å². The number of benzene rings is 1. The van der Waals surface area contributed by atoms with Crippen LogP contribution in [0.15, 0.2) is 41.4 Å². The van der Waals surface area contributed by atoms with Crippen molar-refractivity contribution in [1.82, 2.24) is 15.5 Å². The Morgan fingerprint density at radius 2 is 1.90 bits per heavy atom. The molecule has 1 fully saturated rings. The van der Waals surface area contributed by atoms with Gasteiger partial charge >= 0.3 is 0 Å². The zero-order valence-electron chi connectivity index (χ0n) is 18.2. The van der Waals surface area contributed by atoms with E-state index in [2.05, 4.69) is 77.6 Å². The zero-order valence-corrected chi connectivity index (χ0v) is 18.2. The van der Waals surface area contributed by atoms with Gasteiger partial charge in [0.1, 0.15) is 0 Å². The van der Waals surface area contributed by atoms with E-state index in [4.69, 9.17) is 9.73 Å². The minimum atomic E-state index is 0.480. The second kappa shape index (κ2) is 11.2. The summed E-state index contributed by atoms with van der Waals surface area (Å²) in [5, 5.41) is 6.97. The number of guanidine groups is 1. The highest BCUT2D eigenvalue weighted by Crippen LogP contribution is 2.19. The maximum absolute atomic E-state index is 5.52. The normalized spacial score (nSPS) is 19.0. The lowest BCUT2D eigenvalue weighted by Gasteiger charge is -2.37. The van der Waals surface area contributed by atoms with Crippen LogP contribution in [0.3, 0.4) is 0 Å². The van der Waals surface area contributed by atoms with Gasteiger partial charge in [0, 0.05) is 51.0 Å². The number of aliphatic imine (C=N–C) groups is 1. The van der Waals surface area contributed by atoms with Crippen LogP contribution in [-0.2, 0) is 11.3 Å². The first-order chi connectivity index (χ1) is 14.2. The van der Waals surface area contributed by atoms with E-state index in [-0.39, 0.29) is 0 Å². The molecule has 1 aromatic carbocycles. The van der Waals surface area contributed by atoms with E-state index in [9.17, 15) is 0 Å². The summed E-state index contributed by atoms with van der Waals surface area (Å²) < 4.78 is 5.52. The lowest BCUT2D eigenvalue weighted by molar-refractivity contribution is 0.00752. The summed E-state index contributed by atoms with van der Waals surface area (Å²) in [6, 6.07) is 9.20. The Kier molecular flexibility index (Phi) is 8.38. The van der Waals surface area contributed by atoms with E-state index in [0.717, 1.165) is 58.4 Å². The van der Waals surface area contributed by atoms with E-state index >= 15 is 0 Å². The Morgan fingerprint density at radius 3 is 2.59 bits per heavy atom. The fraction of sp³-hybridized carbons (Fsp3) is 0.609. The molecule has 160 valence electrons. The Balaban J connectivity index is 1.59. The highest BCUT2D eigenvalue weighted by atomic mass is 16.5. The molecule has 6 nitrogen and oxygen atoms in total. The van der Waals surface area contributed by atoms with Gasteiger partial charge in [-0.25, -0.2) is 4.99 Å². The van der Waals surface area contributed by atoms with Crippen molar-refractivity contribution in [1.29, 1.82) is 0 Å². The number of ether oxygens (including phenoxy) is 1. The van der Waals surface area contributed by atoms with Crippen LogP contribution in [0.25, 0.3) is 0 Å². The Bertz CT molecular complexity index is 674. The minimum Gasteiger partial charge on any atom is -0.379 e. The van der Waals surface area contributed by atoms with Crippen LogP contribution in [0.4, 0.5) is 5.69 Å². The van der Waals surface area contributed by atoms with Crippen LogP contribution < -0.4 is 15.5 Å². The van der Waals surface area contributed by atoms with Gasteiger partial charge in [-0.3, -0.25) is 4.90 Å². The van der Waals surface area contributed by atoms with Crippen molar-refractivity contribution < 1.29 is 4.74 Å². The van der Waals surface area contributed by atoms with E-state index < -0.39 is 0 Å². The van der Waals surface area contributed by atoms with E-state index in [1.165, 1.54) is 11.3 Å². The van der Waals surface area contributed by atoms with Crippen LogP contribution in [-0.4, -0.2) is 69.4 Å². The molecule has 0 aromatic heterocycles. The molecule has 2 aliphatic rings. The zero-order chi connectivity index (χ0) is 20.5. The van der Waals surface area contributed by atoms with Crippen molar-refractivity contribution in [2.24, 2.45) is 10.9 Å². The van der Waals surface area contributed by atoms with Crippen LogP contribution >= 0.6 is 0 Å². The quantitative estimate of drug-likeness (QED) is 0.400. The summed E-state index contributed by atoms with van der Waals surface area (Å²) in [6.45, 7) is 14.8. The molecule has 1 unspecified atom stereocenters. The molecule has 2 heterocycles. The van der Waals surface area contributed by atoms with Gasteiger partial charge in [0.25, 0.3) is 0 Å². The highest BCUT2D eigenvalue weighted by Gasteiger charge is 2.23. The molecule has 2 N–H and O–H groups in total. The SMILES string of the molecule is CCNC(=NCc1cccc(N2CC=CC2)c1)NCC(C(C)C)N1CCOCC1. The number of hydrogen-bond acceptors (Lipinski definition) is 4. The van der Waals surface area contributed by atoms with Gasteiger partial charge in [-0.1, -0.05) is 38.1 Å². The molecule has 1 atom stereocenters. The van der Waals surface area contributed by atoms with Crippen molar-refractivity contribution in [3.63, 3.8) is 0 Å². The first-order valence-corrected chi connectivity index (χ1v) is 11.0. The van der Waals surface area contributed by atoms with Gasteiger partial charge in [-0.15, -0.1) is 0 Å². The fourth-order valence-corrected chi connectivity index (χ4v) is 3.95. The Morgan fingerprint density at radius 1 is 1.14 bits per heavy atom. The van der Waals surface area contributed by atoms with Gasteiger partial charge in [0.05, 0.1) is 19.8 Å². The third-order valence-corrected chi connectivity index (χ3v) is 5.62. The average molecular weight is 400 g/mol. The van der Waals surface area contributed by atoms with E-state index in [1.54, 1.807) is 0 Å². The highest BCUT2D eigenvalue weighted by molar-refractivity contribution is 5.79. The summed E-state index contributed by atoms with van der Waals surface area (Å²) in [6.07, 6.45) is 4.44. The molecule has 0 saturated carbocycles. The standard InChI is InChI=1S/C23H37N5O/c1-4-24-23(26-18-22(19(2)3)28-12-14-29-15-13-28)25-17-20-8-7-9-21(16-20)27-10-5-6-11-27/h5-9,16,19,22H,4,10-15,17-18H2,1-3H3,(H2,24,25,26). The first-order valence-electron chi connectivity index (χ1n) is 11.0. The fourth-order valence-electron chi connectivity index (χ4n) is 3.95. The average Bonchev–Trinajstić information content (AvgIpc) is 3.28. The molecule has 0 radical (unpaired) electrons. The summed E-state index contributed by atoms with van der Waals surface area (Å²) in [5.74, 6) is 1.47. The van der Waals surface area contributed by atoms with E-state index in [1.807, 2.05) is 0 Å². The molecule has 1 aromatic rings. The number of hydrogen-bond donors (Lipinski definition) is 2. The Hall–Kier alpha value is -2.05. The van der Waals surface area contributed by atoms with Crippen LogP contribution in [0.5, 0.6) is 0 Å². The second-order valence-electron chi connectivity index (χ2n) is 8.08. The predicted octanol–water partition coefficient (Wildman–Crippen LogP) is 2.47. The number of morpholine rings is 1. The maximum atomic E-state index is 5.52. The maximum Gasteiger partial charge on any atom is 0.191 e. The van der Waals surface area contributed by atoms with Crippen molar-refractivity contribution >= 4 is 11.6 Å². The third-order valence-electron chi connectivity index (χ3n) is 5.62. The number of rotatable bonds is 8. The summed E-state index contributed by atoms with van der Waals surface area (Å²) >= 11 is 0. The summed E-state index contributed by atoms with van der Waals surface area (Å²) in [7, 11) is 0. The summed E-state index contributed by atoms with van der Waals surface area (Å²) in [5.41, 5.74) is 2.51. The lowest BCUT2D eigenvalue weighted by Crippen LogP contribution is -2.52. The van der Waals surface area contributed by atoms with Crippen molar-refractivity contribution in [3.8, 4) is 0 Å². The monoisotopic (exact) mass is 399 g/mol. The van der Waals surface area contributed by atoms with Gasteiger partial charge in [-0.05, 0) is 30.5 Å². The summed E-state index contributed by atoms with van der Waals surface area (Å²) in [4.78, 5) is 9.75. The predicted molar refractivity (Wildman–Crippen MR) is 122 cm³/mol. The molecule has 0 bridgehead atoms. The molecule has 0 amide bonds. The largest absolute Gasteiger partial charge is 0.379 e. The van der Waals surface area contributed by atoms with Gasteiger partial charge in [-0.2, -0.15) is 0 Å². The van der Waals surface area contributed by atoms with Crippen molar-refractivity contribution in [2.75, 3.05) is 57.4 Å². The topological polar surface area (TPSA) is 52.1 Å². The van der Waals surface area contributed by atoms with Gasteiger partial charge < -0.3 is 20.3 Å². The third kappa shape index (κ3) is 6.47. The van der Waals surface area contributed by atoms with Gasteiger partial charge in [0.2, 0.25) is 0 Å². The van der Waals surface area contributed by atoms with Crippen molar-refractivity contribution in [2.45, 2.75) is 33.4 Å². The number of anilines is 1. The molecule has 3 rings (SSSR count). The molecule has 0 aliphatic carbocycles. The molecule has 6 heteroatoms. The van der Waals surface area contributed by atoms with Crippen LogP contribution in [0.1, 0.15) is 26.3 Å². The first kappa shape index (κ1) is 21.7. The second-order valence-corrected chi connectivity index (χ2v) is 8.08.